The van der Waals surface area contributed by atoms with Gasteiger partial charge in [0.05, 0.1) is 12.6 Å². The Morgan fingerprint density at radius 3 is 2.40 bits per heavy atom. The summed E-state index contributed by atoms with van der Waals surface area (Å²) in [4.78, 5) is 16.9. The molecular formula is C21H10N2OS. The third-order valence-corrected chi connectivity index (χ3v) is 4.71. The largest absolute Gasteiger partial charge is 0.290 e. The summed E-state index contributed by atoms with van der Waals surface area (Å²) in [6, 6.07) is 19.0. The lowest BCUT2D eigenvalue weighted by atomic mass is 9.96. The molecule has 0 heterocycles. The van der Waals surface area contributed by atoms with E-state index in [-0.39, 0.29) is 16.3 Å². The van der Waals surface area contributed by atoms with Crippen LogP contribution in [0.3, 0.4) is 0 Å². The van der Waals surface area contributed by atoms with Crippen LogP contribution in [0.4, 0.5) is 0 Å². The zero-order valence-corrected chi connectivity index (χ0v) is 13.8. The van der Waals surface area contributed by atoms with Crippen molar-refractivity contribution in [2.75, 3.05) is 0 Å². The van der Waals surface area contributed by atoms with Crippen molar-refractivity contribution < 1.29 is 0 Å². The first-order valence-electron chi connectivity index (χ1n) is 7.57. The summed E-state index contributed by atoms with van der Waals surface area (Å²) in [7, 11) is 0. The van der Waals surface area contributed by atoms with Gasteiger partial charge in [0, 0.05) is 20.9 Å². The van der Waals surface area contributed by atoms with Crippen LogP contribution in [0, 0.1) is 17.9 Å². The second kappa shape index (κ2) is 5.63. The molecule has 4 rings (SSSR count). The molecule has 0 saturated carbocycles. The van der Waals surface area contributed by atoms with Crippen LogP contribution in [0.5, 0.6) is 0 Å². The molecule has 3 nitrogen and oxygen atoms in total. The van der Waals surface area contributed by atoms with Gasteiger partial charge in [0.25, 0.3) is 5.70 Å². The lowest BCUT2D eigenvalue weighted by Crippen LogP contribution is -2.21. The van der Waals surface area contributed by atoms with Gasteiger partial charge in [0.1, 0.15) is 0 Å². The molecule has 0 unspecified atom stereocenters. The molecule has 0 N–H and O–H groups in total. The molecule has 116 valence electrons. The van der Waals surface area contributed by atoms with Crippen LogP contribution in [-0.4, -0.2) is 0 Å². The molecule has 4 aromatic rings. The molecule has 0 aliphatic heterocycles. The van der Waals surface area contributed by atoms with Gasteiger partial charge < -0.3 is 0 Å². The number of benzene rings is 3. The number of nitriles is 1. The van der Waals surface area contributed by atoms with E-state index in [1.807, 2.05) is 48.5 Å². The summed E-state index contributed by atoms with van der Waals surface area (Å²) in [5.41, 5.74) is 1.62. The molecule has 4 aromatic carbocycles. The maximum atomic E-state index is 12.8. The predicted molar refractivity (Wildman–Crippen MR) is 102 cm³/mol. The van der Waals surface area contributed by atoms with E-state index in [0.29, 0.717) is 10.8 Å². The summed E-state index contributed by atoms with van der Waals surface area (Å²) in [5, 5.41) is 12.4. The fourth-order valence-electron chi connectivity index (χ4n) is 3.33. The van der Waals surface area contributed by atoms with Gasteiger partial charge in [-0.25, -0.2) is 10.1 Å². The average molecular weight is 338 g/mol. The van der Waals surface area contributed by atoms with Gasteiger partial charge in [0.15, 0.2) is 5.43 Å². The minimum Gasteiger partial charge on any atom is -0.290 e. The first-order valence-corrected chi connectivity index (χ1v) is 8.02. The number of rotatable bonds is 1. The van der Waals surface area contributed by atoms with Crippen LogP contribution in [-0.2, 0) is 0 Å². The van der Waals surface area contributed by atoms with Crippen molar-refractivity contribution in [3.63, 3.8) is 0 Å². The minimum absolute atomic E-state index is 0.158. The Morgan fingerprint density at radius 1 is 1.00 bits per heavy atom. The van der Waals surface area contributed by atoms with Crippen molar-refractivity contribution in [2.45, 2.75) is 4.90 Å². The van der Waals surface area contributed by atoms with E-state index in [2.05, 4.69) is 17.5 Å². The molecule has 4 heteroatoms. The highest BCUT2D eigenvalue weighted by Gasteiger charge is 2.16. The number of hydrogen-bond acceptors (Lipinski definition) is 3. The van der Waals surface area contributed by atoms with Gasteiger partial charge >= 0.3 is 0 Å². The minimum atomic E-state index is -0.254. The van der Waals surface area contributed by atoms with Crippen LogP contribution in [0.1, 0.15) is 0 Å². The molecule has 0 spiro atoms. The molecule has 0 bridgehead atoms. The summed E-state index contributed by atoms with van der Waals surface area (Å²) < 4.78 is 0. The monoisotopic (exact) mass is 338 g/mol. The maximum absolute atomic E-state index is 12.8. The van der Waals surface area contributed by atoms with E-state index in [1.54, 1.807) is 12.1 Å². The van der Waals surface area contributed by atoms with Crippen molar-refractivity contribution in [3.05, 3.63) is 81.5 Å². The highest BCUT2D eigenvalue weighted by Crippen LogP contribution is 2.33. The van der Waals surface area contributed by atoms with Crippen molar-refractivity contribution in [1.82, 2.24) is 0 Å². The molecule has 0 radical (unpaired) electrons. The van der Waals surface area contributed by atoms with Crippen LogP contribution in [0.25, 0.3) is 43.2 Å². The second-order valence-electron chi connectivity index (χ2n) is 5.71. The molecule has 0 atom stereocenters. The van der Waals surface area contributed by atoms with E-state index >= 15 is 0 Å². The van der Waals surface area contributed by atoms with Crippen LogP contribution in [0.15, 0.2) is 64.3 Å². The smallest absolute Gasteiger partial charge is 0.273 e. The van der Waals surface area contributed by atoms with Gasteiger partial charge in [-0.3, -0.25) is 4.79 Å². The molecule has 0 amide bonds. The molecule has 0 fully saturated rings. The fourth-order valence-corrected chi connectivity index (χ4v) is 3.47. The molecule has 0 aliphatic rings. The molecule has 0 aliphatic carbocycles. The first-order chi connectivity index (χ1) is 12.2. The first kappa shape index (κ1) is 15.2. The zero-order valence-electron chi connectivity index (χ0n) is 12.9. The third kappa shape index (κ3) is 2.16. The van der Waals surface area contributed by atoms with Crippen LogP contribution >= 0.6 is 12.6 Å². The van der Waals surface area contributed by atoms with E-state index in [9.17, 15) is 10.1 Å². The second-order valence-corrected chi connectivity index (χ2v) is 6.23. The van der Waals surface area contributed by atoms with Gasteiger partial charge in [-0.1, -0.05) is 36.4 Å². The zero-order chi connectivity index (χ0) is 17.6. The van der Waals surface area contributed by atoms with Crippen LogP contribution < -0.4 is 10.6 Å². The quantitative estimate of drug-likeness (QED) is 0.421. The van der Waals surface area contributed by atoms with Crippen LogP contribution in [0.2, 0.25) is 0 Å². The summed E-state index contributed by atoms with van der Waals surface area (Å²) in [6.45, 7) is 7.20. The third-order valence-electron chi connectivity index (χ3n) is 4.41. The van der Waals surface area contributed by atoms with E-state index in [0.717, 1.165) is 26.8 Å². The highest BCUT2D eigenvalue weighted by atomic mass is 32.1. The highest BCUT2D eigenvalue weighted by molar-refractivity contribution is 7.80. The Kier molecular flexibility index (Phi) is 3.42. The van der Waals surface area contributed by atoms with E-state index < -0.39 is 0 Å². The molecule has 0 aromatic heterocycles. The Bertz CT molecular complexity index is 1310. The predicted octanol–water partition coefficient (Wildman–Crippen LogP) is 4.02. The molecule has 0 saturated heterocycles. The number of thiol groups is 1. The van der Waals surface area contributed by atoms with Crippen molar-refractivity contribution in [1.29, 1.82) is 5.26 Å². The number of hydrogen-bond donors (Lipinski definition) is 1. The number of nitrogens with zero attached hydrogens (tertiary/aromatic N) is 2. The lowest BCUT2D eigenvalue weighted by molar-refractivity contribution is 1.48. The molecular weight excluding hydrogens is 328 g/mol. The van der Waals surface area contributed by atoms with Gasteiger partial charge in [0.2, 0.25) is 0 Å². The molecule has 25 heavy (non-hydrogen) atoms. The topological polar surface area (TPSA) is 45.2 Å². The van der Waals surface area contributed by atoms with Crippen molar-refractivity contribution >= 4 is 39.9 Å². The Balaban J connectivity index is 2.22. The Labute approximate surface area is 149 Å². The van der Waals surface area contributed by atoms with Gasteiger partial charge in [-0.2, -0.15) is 0 Å². The summed E-state index contributed by atoms with van der Waals surface area (Å²) >= 11 is 4.32. The Morgan fingerprint density at radius 2 is 1.72 bits per heavy atom. The normalized spacial score (nSPS) is 12.1. The van der Waals surface area contributed by atoms with E-state index in [4.69, 9.17) is 6.57 Å². The SMILES string of the molecule is [C-]#[N+]/C(C#N)=c1\c(=O)c2ccc(-c3ccc(S)cc3)c3cccc1c32. The average Bonchev–Trinajstić information content (AvgIpc) is 2.92. The maximum Gasteiger partial charge on any atom is 0.273 e. The van der Waals surface area contributed by atoms with Gasteiger partial charge in [-0.05, 0) is 40.1 Å². The Hall–Kier alpha value is -3.34. The lowest BCUT2D eigenvalue weighted by Gasteiger charge is -2.08. The van der Waals surface area contributed by atoms with Crippen molar-refractivity contribution in [2.24, 2.45) is 0 Å². The fraction of sp³-hybridized carbons (Fsp3) is 0. The summed E-state index contributed by atoms with van der Waals surface area (Å²) in [5.74, 6) is 0. The van der Waals surface area contributed by atoms with E-state index in [1.165, 1.54) is 0 Å². The van der Waals surface area contributed by atoms with Gasteiger partial charge in [-0.15, -0.1) is 12.6 Å². The van der Waals surface area contributed by atoms with Crippen molar-refractivity contribution in [3.8, 4) is 17.2 Å². The standard InChI is InChI=1S/C21H10N2OS/c1-23-18(11-22)20-16-4-2-3-15-14(12-5-7-13(25)8-6-12)9-10-17(19(15)16)21(20)24/h2-10,25H/b20-18-. The summed E-state index contributed by atoms with van der Waals surface area (Å²) in [6.07, 6.45) is 0.